The highest BCUT2D eigenvalue weighted by Gasteiger charge is 2.09. The highest BCUT2D eigenvalue weighted by molar-refractivity contribution is 9.10. The summed E-state index contributed by atoms with van der Waals surface area (Å²) < 4.78 is 6.05. The van der Waals surface area contributed by atoms with Crippen molar-refractivity contribution in [1.82, 2.24) is 9.97 Å². The van der Waals surface area contributed by atoms with Crippen molar-refractivity contribution in [3.05, 3.63) is 52.9 Å². The lowest BCUT2D eigenvalue weighted by Crippen LogP contribution is -2.14. The molecule has 0 saturated carbocycles. The van der Waals surface area contributed by atoms with Crippen molar-refractivity contribution in [2.75, 3.05) is 17.2 Å². The van der Waals surface area contributed by atoms with Crippen molar-refractivity contribution in [3.8, 4) is 11.8 Å². The van der Waals surface area contributed by atoms with Gasteiger partial charge in [-0.1, -0.05) is 0 Å². The lowest BCUT2D eigenvalue weighted by atomic mass is 10.2. The molecule has 0 fully saturated rings. The number of ether oxygens (including phenoxy) is 1. The minimum Gasteiger partial charge on any atom is -0.494 e. The van der Waals surface area contributed by atoms with Crippen molar-refractivity contribution in [2.24, 2.45) is 0 Å². The second-order valence-corrected chi connectivity index (χ2v) is 5.37. The molecule has 2 rings (SSSR count). The van der Waals surface area contributed by atoms with Crippen LogP contribution in [0, 0.1) is 11.3 Å². The first-order chi connectivity index (χ1) is 11.6. The van der Waals surface area contributed by atoms with Crippen LogP contribution in [-0.2, 0) is 4.79 Å². The van der Waals surface area contributed by atoms with Gasteiger partial charge in [0.1, 0.15) is 17.4 Å². The number of nitrogens with zero attached hydrogens (tertiary/aromatic N) is 3. The van der Waals surface area contributed by atoms with Crippen molar-refractivity contribution in [1.29, 1.82) is 5.26 Å². The number of nitrogens with one attached hydrogen (secondary N) is 2. The predicted molar refractivity (Wildman–Crippen MR) is 93.3 cm³/mol. The number of benzene rings is 1. The number of anilines is 2. The summed E-state index contributed by atoms with van der Waals surface area (Å²) in [6.07, 6.45) is 4.36. The molecular weight excluding hydrogens is 374 g/mol. The molecule has 0 saturated heterocycles. The van der Waals surface area contributed by atoms with Crippen LogP contribution < -0.4 is 15.4 Å². The molecular formula is C16H14BrN5O2. The number of amides is 1. The maximum atomic E-state index is 12.1. The van der Waals surface area contributed by atoms with Crippen molar-refractivity contribution in [2.45, 2.75) is 6.92 Å². The van der Waals surface area contributed by atoms with E-state index in [2.05, 4.69) is 36.5 Å². The van der Waals surface area contributed by atoms with Gasteiger partial charge in [0.25, 0.3) is 5.91 Å². The second kappa shape index (κ2) is 8.64. The molecule has 2 aromatic rings. The van der Waals surface area contributed by atoms with Gasteiger partial charge in [0.05, 0.1) is 11.1 Å². The number of halogens is 1. The molecule has 2 N–H and O–H groups in total. The number of rotatable bonds is 6. The third kappa shape index (κ3) is 5.07. The Labute approximate surface area is 147 Å². The van der Waals surface area contributed by atoms with Crippen LogP contribution in [-0.4, -0.2) is 22.5 Å². The highest BCUT2D eigenvalue weighted by Crippen LogP contribution is 2.16. The fourth-order valence-electron chi connectivity index (χ4n) is 1.67. The summed E-state index contributed by atoms with van der Waals surface area (Å²) in [5, 5.41) is 14.5. The van der Waals surface area contributed by atoms with E-state index < -0.39 is 5.91 Å². The molecule has 24 heavy (non-hydrogen) atoms. The molecule has 0 spiro atoms. The summed E-state index contributed by atoms with van der Waals surface area (Å²) in [5.74, 6) is 0.451. The Morgan fingerprint density at radius 3 is 2.58 bits per heavy atom. The largest absolute Gasteiger partial charge is 0.494 e. The van der Waals surface area contributed by atoms with Crippen LogP contribution >= 0.6 is 15.9 Å². The molecule has 0 atom stereocenters. The van der Waals surface area contributed by atoms with Gasteiger partial charge in [-0.2, -0.15) is 5.26 Å². The standard InChI is InChI=1S/C16H14BrN5O2/c1-2-24-14-5-3-13(4-6-14)22-15(23)11(7-18)8-19-16-20-9-12(17)10-21-16/h3-6,8-10H,2H2,1H3,(H,22,23)(H,19,20,21)/b11-8-. The van der Waals surface area contributed by atoms with E-state index in [1.807, 2.05) is 13.0 Å². The molecule has 0 bridgehead atoms. The van der Waals surface area contributed by atoms with Crippen LogP contribution in [0.3, 0.4) is 0 Å². The summed E-state index contributed by atoms with van der Waals surface area (Å²) in [4.78, 5) is 20.1. The summed E-state index contributed by atoms with van der Waals surface area (Å²) >= 11 is 3.22. The Hall–Kier alpha value is -2.92. The Morgan fingerprint density at radius 2 is 2.00 bits per heavy atom. The number of carbonyl (C=O) groups excluding carboxylic acids is 1. The first kappa shape index (κ1) is 17.4. The average molecular weight is 388 g/mol. The van der Waals surface area contributed by atoms with Gasteiger partial charge < -0.3 is 15.4 Å². The maximum Gasteiger partial charge on any atom is 0.267 e. The minimum atomic E-state index is -0.536. The van der Waals surface area contributed by atoms with Gasteiger partial charge in [-0.15, -0.1) is 0 Å². The number of nitriles is 1. The molecule has 0 unspecified atom stereocenters. The Morgan fingerprint density at radius 1 is 1.33 bits per heavy atom. The minimum absolute atomic E-state index is 0.101. The smallest absolute Gasteiger partial charge is 0.267 e. The quantitative estimate of drug-likeness (QED) is 0.583. The average Bonchev–Trinajstić information content (AvgIpc) is 2.59. The number of aromatic nitrogens is 2. The molecule has 0 aliphatic heterocycles. The Balaban J connectivity index is 2.01. The summed E-state index contributed by atoms with van der Waals surface area (Å²) in [6, 6.07) is 8.71. The monoisotopic (exact) mass is 387 g/mol. The molecule has 122 valence electrons. The summed E-state index contributed by atoms with van der Waals surface area (Å²) in [6.45, 7) is 2.46. The topological polar surface area (TPSA) is 99.9 Å². The summed E-state index contributed by atoms with van der Waals surface area (Å²) in [7, 11) is 0. The van der Waals surface area contributed by atoms with Crippen LogP contribution in [0.2, 0.25) is 0 Å². The number of hydrogen-bond donors (Lipinski definition) is 2. The van der Waals surface area contributed by atoms with Crippen molar-refractivity contribution >= 4 is 33.5 Å². The second-order valence-electron chi connectivity index (χ2n) is 4.45. The highest BCUT2D eigenvalue weighted by atomic mass is 79.9. The fourth-order valence-corrected chi connectivity index (χ4v) is 1.88. The van der Waals surface area contributed by atoms with E-state index in [1.54, 1.807) is 36.7 Å². The van der Waals surface area contributed by atoms with Gasteiger partial charge >= 0.3 is 0 Å². The molecule has 1 aromatic heterocycles. The van der Waals surface area contributed by atoms with Crippen LogP contribution in [0.25, 0.3) is 0 Å². The predicted octanol–water partition coefficient (Wildman–Crippen LogP) is 3.10. The first-order valence-electron chi connectivity index (χ1n) is 7.01. The maximum absolute atomic E-state index is 12.1. The number of hydrogen-bond acceptors (Lipinski definition) is 6. The molecule has 8 heteroatoms. The van der Waals surface area contributed by atoms with Crippen LogP contribution in [0.5, 0.6) is 5.75 Å². The molecule has 0 aliphatic rings. The molecule has 1 amide bonds. The van der Waals surface area contributed by atoms with E-state index >= 15 is 0 Å². The van der Waals surface area contributed by atoms with Gasteiger partial charge in [-0.25, -0.2) is 9.97 Å². The molecule has 1 heterocycles. The lowest BCUT2D eigenvalue weighted by molar-refractivity contribution is -0.112. The van der Waals surface area contributed by atoms with Gasteiger partial charge in [-0.05, 0) is 47.1 Å². The Bertz CT molecular complexity index is 767. The van der Waals surface area contributed by atoms with E-state index in [1.165, 1.54) is 6.20 Å². The first-order valence-corrected chi connectivity index (χ1v) is 7.80. The van der Waals surface area contributed by atoms with Crippen LogP contribution in [0.15, 0.2) is 52.9 Å². The zero-order chi connectivity index (χ0) is 17.4. The zero-order valence-corrected chi connectivity index (χ0v) is 14.4. The fraction of sp³-hybridized carbons (Fsp3) is 0.125. The van der Waals surface area contributed by atoms with E-state index in [-0.39, 0.29) is 11.5 Å². The van der Waals surface area contributed by atoms with Gasteiger partial charge in [0.2, 0.25) is 5.95 Å². The normalized spacial score (nSPS) is 10.6. The van der Waals surface area contributed by atoms with Crippen LogP contribution in [0.1, 0.15) is 6.92 Å². The molecule has 7 nitrogen and oxygen atoms in total. The SMILES string of the molecule is CCOc1ccc(NC(=O)/C(C#N)=C\Nc2ncc(Br)cn2)cc1. The number of carbonyl (C=O) groups is 1. The third-order valence-electron chi connectivity index (χ3n) is 2.75. The van der Waals surface area contributed by atoms with Gasteiger partial charge in [-0.3, -0.25) is 4.79 Å². The van der Waals surface area contributed by atoms with Crippen molar-refractivity contribution < 1.29 is 9.53 Å². The molecule has 0 aliphatic carbocycles. The molecule has 1 aromatic carbocycles. The van der Waals surface area contributed by atoms with Crippen molar-refractivity contribution in [3.63, 3.8) is 0 Å². The van der Waals surface area contributed by atoms with Gasteiger partial charge in [0, 0.05) is 24.3 Å². The van der Waals surface area contributed by atoms with E-state index in [4.69, 9.17) is 10.00 Å². The molecule has 0 radical (unpaired) electrons. The van der Waals surface area contributed by atoms with E-state index in [9.17, 15) is 4.79 Å². The zero-order valence-electron chi connectivity index (χ0n) is 12.8. The third-order valence-corrected chi connectivity index (χ3v) is 3.16. The lowest BCUT2D eigenvalue weighted by Gasteiger charge is -2.06. The Kier molecular flexibility index (Phi) is 6.28. The van der Waals surface area contributed by atoms with E-state index in [0.717, 1.165) is 4.47 Å². The summed E-state index contributed by atoms with van der Waals surface area (Å²) in [5.41, 5.74) is 0.458. The van der Waals surface area contributed by atoms with E-state index in [0.29, 0.717) is 18.0 Å². The van der Waals surface area contributed by atoms with Gasteiger partial charge in [0.15, 0.2) is 0 Å². The van der Waals surface area contributed by atoms with Crippen LogP contribution in [0.4, 0.5) is 11.6 Å².